The number of rotatable bonds is 6. The van der Waals surface area contributed by atoms with Gasteiger partial charge in [0, 0.05) is 5.02 Å². The van der Waals surface area contributed by atoms with Gasteiger partial charge < -0.3 is 20.2 Å². The van der Waals surface area contributed by atoms with Crippen molar-refractivity contribution in [2.45, 2.75) is 19.6 Å². The molecule has 0 aliphatic heterocycles. The Bertz CT molecular complexity index is 616. The second-order valence-electron chi connectivity index (χ2n) is 4.60. The first kappa shape index (κ1) is 18.4. The molecule has 1 heterocycles. The SMILES string of the molecule is CC(CNC(=O)c1coc(CN)c1)Oc1cccc(Cl)c1.Cl. The topological polar surface area (TPSA) is 77.5 Å². The number of benzene rings is 1. The molecule has 5 nitrogen and oxygen atoms in total. The summed E-state index contributed by atoms with van der Waals surface area (Å²) in [5, 5.41) is 3.38. The molecule has 2 aromatic rings. The van der Waals surface area contributed by atoms with Crippen LogP contribution in [0.4, 0.5) is 0 Å². The van der Waals surface area contributed by atoms with Gasteiger partial charge in [-0.05, 0) is 31.2 Å². The molecule has 0 saturated heterocycles. The number of furan rings is 1. The van der Waals surface area contributed by atoms with Crippen molar-refractivity contribution < 1.29 is 13.9 Å². The molecule has 3 N–H and O–H groups in total. The number of ether oxygens (including phenoxy) is 1. The Hall–Kier alpha value is -1.69. The molecule has 1 aromatic carbocycles. The lowest BCUT2D eigenvalue weighted by Crippen LogP contribution is -2.33. The van der Waals surface area contributed by atoms with Crippen LogP contribution in [0.15, 0.2) is 41.0 Å². The Balaban J connectivity index is 0.00000242. The molecule has 1 unspecified atom stereocenters. The summed E-state index contributed by atoms with van der Waals surface area (Å²) in [4.78, 5) is 11.9. The van der Waals surface area contributed by atoms with Crippen molar-refractivity contribution in [1.82, 2.24) is 5.32 Å². The fourth-order valence-electron chi connectivity index (χ4n) is 1.76. The first-order valence-electron chi connectivity index (χ1n) is 6.56. The van der Waals surface area contributed by atoms with Crippen molar-refractivity contribution in [2.24, 2.45) is 5.73 Å². The predicted molar refractivity (Wildman–Crippen MR) is 87.7 cm³/mol. The van der Waals surface area contributed by atoms with Crippen LogP contribution >= 0.6 is 24.0 Å². The average Bonchev–Trinajstić information content (AvgIpc) is 2.94. The molecule has 2 rings (SSSR count). The third-order valence-electron chi connectivity index (χ3n) is 2.80. The first-order chi connectivity index (χ1) is 10.1. The minimum atomic E-state index is -0.222. The highest BCUT2D eigenvalue weighted by Gasteiger charge is 2.11. The molecular formula is C15H18Cl2N2O3. The Kier molecular flexibility index (Phi) is 7.24. The van der Waals surface area contributed by atoms with Crippen molar-refractivity contribution in [1.29, 1.82) is 0 Å². The number of hydrogen-bond acceptors (Lipinski definition) is 4. The summed E-state index contributed by atoms with van der Waals surface area (Å²) in [5.74, 6) is 1.02. The van der Waals surface area contributed by atoms with Crippen LogP contribution in [-0.4, -0.2) is 18.6 Å². The molecule has 1 aromatic heterocycles. The van der Waals surface area contributed by atoms with Crippen molar-refractivity contribution in [3.63, 3.8) is 0 Å². The van der Waals surface area contributed by atoms with E-state index in [-0.39, 0.29) is 31.0 Å². The van der Waals surface area contributed by atoms with Crippen LogP contribution in [0.5, 0.6) is 5.75 Å². The fourth-order valence-corrected chi connectivity index (χ4v) is 1.94. The maximum absolute atomic E-state index is 11.9. The van der Waals surface area contributed by atoms with Crippen LogP contribution < -0.4 is 15.8 Å². The number of amides is 1. The van der Waals surface area contributed by atoms with Crippen molar-refractivity contribution in [2.75, 3.05) is 6.54 Å². The molecule has 7 heteroatoms. The van der Waals surface area contributed by atoms with Crippen LogP contribution in [0.3, 0.4) is 0 Å². The summed E-state index contributed by atoms with van der Waals surface area (Å²) in [6.45, 7) is 2.50. The monoisotopic (exact) mass is 344 g/mol. The maximum atomic E-state index is 11.9. The molecule has 0 aliphatic rings. The van der Waals surface area contributed by atoms with Crippen LogP contribution in [0.25, 0.3) is 0 Å². The summed E-state index contributed by atoms with van der Waals surface area (Å²) in [6, 6.07) is 8.74. The predicted octanol–water partition coefficient (Wildman–Crippen LogP) is 3.01. The largest absolute Gasteiger partial charge is 0.489 e. The van der Waals surface area contributed by atoms with Gasteiger partial charge in [-0.3, -0.25) is 4.79 Å². The Labute approximate surface area is 140 Å². The highest BCUT2D eigenvalue weighted by Crippen LogP contribution is 2.18. The Morgan fingerprint density at radius 3 is 2.86 bits per heavy atom. The minimum Gasteiger partial charge on any atom is -0.489 e. The number of carbonyl (C=O) groups excluding carboxylic acids is 1. The van der Waals surface area contributed by atoms with Gasteiger partial charge in [-0.25, -0.2) is 0 Å². The van der Waals surface area contributed by atoms with Gasteiger partial charge in [0.15, 0.2) is 0 Å². The summed E-state index contributed by atoms with van der Waals surface area (Å²) in [7, 11) is 0. The van der Waals surface area contributed by atoms with Crippen LogP contribution in [0, 0.1) is 0 Å². The second kappa shape index (κ2) is 8.68. The van der Waals surface area contributed by atoms with E-state index in [0.717, 1.165) is 0 Å². The molecule has 0 radical (unpaired) electrons. The summed E-state index contributed by atoms with van der Waals surface area (Å²) in [5.41, 5.74) is 5.88. The number of nitrogens with one attached hydrogen (secondary N) is 1. The van der Waals surface area contributed by atoms with E-state index in [9.17, 15) is 4.79 Å². The number of carbonyl (C=O) groups is 1. The number of nitrogens with two attached hydrogens (primary N) is 1. The van der Waals surface area contributed by atoms with E-state index in [1.807, 2.05) is 19.1 Å². The van der Waals surface area contributed by atoms with Crippen LogP contribution in [0.1, 0.15) is 23.0 Å². The van der Waals surface area contributed by atoms with E-state index in [2.05, 4.69) is 5.32 Å². The highest BCUT2D eigenvalue weighted by molar-refractivity contribution is 6.30. The van der Waals surface area contributed by atoms with Gasteiger partial charge in [-0.2, -0.15) is 0 Å². The molecule has 120 valence electrons. The smallest absolute Gasteiger partial charge is 0.254 e. The zero-order chi connectivity index (χ0) is 15.2. The van der Waals surface area contributed by atoms with E-state index < -0.39 is 0 Å². The van der Waals surface area contributed by atoms with Gasteiger partial charge in [0.25, 0.3) is 5.91 Å². The molecular weight excluding hydrogens is 327 g/mol. The maximum Gasteiger partial charge on any atom is 0.254 e. The van der Waals surface area contributed by atoms with Crippen molar-refractivity contribution in [3.8, 4) is 5.75 Å². The van der Waals surface area contributed by atoms with Gasteiger partial charge in [0.05, 0.1) is 18.7 Å². The molecule has 22 heavy (non-hydrogen) atoms. The van der Waals surface area contributed by atoms with Gasteiger partial charge in [-0.1, -0.05) is 17.7 Å². The van der Waals surface area contributed by atoms with E-state index in [1.165, 1.54) is 6.26 Å². The highest BCUT2D eigenvalue weighted by atomic mass is 35.5. The van der Waals surface area contributed by atoms with E-state index in [0.29, 0.717) is 28.6 Å². The quantitative estimate of drug-likeness (QED) is 0.844. The molecule has 0 bridgehead atoms. The lowest BCUT2D eigenvalue weighted by molar-refractivity contribution is 0.0931. The number of halogens is 2. The molecule has 0 fully saturated rings. The lowest BCUT2D eigenvalue weighted by Gasteiger charge is -2.15. The van der Waals surface area contributed by atoms with E-state index in [4.69, 9.17) is 26.5 Å². The minimum absolute atomic E-state index is 0. The van der Waals surface area contributed by atoms with Crippen LogP contribution in [0.2, 0.25) is 5.02 Å². The summed E-state index contributed by atoms with van der Waals surface area (Å²) >= 11 is 5.88. The fraction of sp³-hybridized carbons (Fsp3) is 0.267. The van der Waals surface area contributed by atoms with Crippen LogP contribution in [-0.2, 0) is 6.54 Å². The molecule has 1 amide bonds. The summed E-state index contributed by atoms with van der Waals surface area (Å²) < 4.78 is 10.8. The zero-order valence-corrected chi connectivity index (χ0v) is 13.6. The second-order valence-corrected chi connectivity index (χ2v) is 5.04. The molecule has 0 aliphatic carbocycles. The number of hydrogen-bond donors (Lipinski definition) is 2. The molecule has 1 atom stereocenters. The van der Waals surface area contributed by atoms with Gasteiger partial charge >= 0.3 is 0 Å². The standard InChI is InChI=1S/C15H17ClN2O3.ClH/c1-10(21-13-4-2-3-12(16)6-13)8-18-15(19)11-5-14(7-17)20-9-11;/h2-6,9-10H,7-8,17H2,1H3,(H,18,19);1H. The summed E-state index contributed by atoms with van der Waals surface area (Å²) in [6.07, 6.45) is 1.20. The normalized spacial score (nSPS) is 11.4. The van der Waals surface area contributed by atoms with Gasteiger partial charge in [0.1, 0.15) is 23.9 Å². The third-order valence-corrected chi connectivity index (χ3v) is 3.04. The van der Waals surface area contributed by atoms with E-state index >= 15 is 0 Å². The average molecular weight is 345 g/mol. The zero-order valence-electron chi connectivity index (χ0n) is 12.0. The lowest BCUT2D eigenvalue weighted by atomic mass is 10.3. The van der Waals surface area contributed by atoms with Gasteiger partial charge in [-0.15, -0.1) is 12.4 Å². The van der Waals surface area contributed by atoms with E-state index in [1.54, 1.807) is 18.2 Å². The van der Waals surface area contributed by atoms with Crippen molar-refractivity contribution >= 4 is 29.9 Å². The molecule has 0 saturated carbocycles. The first-order valence-corrected chi connectivity index (χ1v) is 6.94. The third kappa shape index (κ3) is 5.26. The Morgan fingerprint density at radius 1 is 1.45 bits per heavy atom. The van der Waals surface area contributed by atoms with Crippen molar-refractivity contribution in [3.05, 3.63) is 52.9 Å². The van der Waals surface area contributed by atoms with Gasteiger partial charge in [0.2, 0.25) is 0 Å². The molecule has 0 spiro atoms. The Morgan fingerprint density at radius 2 is 2.23 bits per heavy atom.